The van der Waals surface area contributed by atoms with E-state index in [1.165, 1.54) is 37.3 Å². The molecule has 0 atom stereocenters. The Morgan fingerprint density at radius 3 is 2.53 bits per heavy atom. The van der Waals surface area contributed by atoms with Crippen LogP contribution in [0.2, 0.25) is 0 Å². The molecule has 0 aliphatic heterocycles. The third-order valence-corrected chi connectivity index (χ3v) is 1.63. The summed E-state index contributed by atoms with van der Waals surface area (Å²) >= 11 is 0. The van der Waals surface area contributed by atoms with E-state index in [2.05, 4.69) is 25.3 Å². The quantitative estimate of drug-likeness (QED) is 0.766. The van der Waals surface area contributed by atoms with Crippen LogP contribution in [0.15, 0.2) is 37.3 Å². The molecule has 0 aliphatic carbocycles. The number of hydrogen-bond donors (Lipinski definition) is 1. The van der Waals surface area contributed by atoms with Gasteiger partial charge in [0.05, 0.1) is 11.8 Å². The SMILES string of the molecule is O=C(Nc1cnccn1)c1cncnc1. The fraction of sp³-hybridized carbons (Fsp3) is 0. The molecule has 0 bridgehead atoms. The summed E-state index contributed by atoms with van der Waals surface area (Å²) in [6, 6.07) is 0. The minimum absolute atomic E-state index is 0.309. The summed E-state index contributed by atoms with van der Waals surface area (Å²) in [5.74, 6) is 0.0856. The van der Waals surface area contributed by atoms with Crippen molar-refractivity contribution < 1.29 is 4.79 Å². The van der Waals surface area contributed by atoms with E-state index in [4.69, 9.17) is 0 Å². The van der Waals surface area contributed by atoms with E-state index in [-0.39, 0.29) is 5.91 Å². The first kappa shape index (κ1) is 9.20. The van der Waals surface area contributed by atoms with Crippen molar-refractivity contribution in [1.29, 1.82) is 0 Å². The Morgan fingerprint density at radius 2 is 1.87 bits per heavy atom. The highest BCUT2D eigenvalue weighted by Gasteiger charge is 2.06. The first-order valence-corrected chi connectivity index (χ1v) is 4.18. The smallest absolute Gasteiger partial charge is 0.259 e. The van der Waals surface area contributed by atoms with Gasteiger partial charge < -0.3 is 5.32 Å². The van der Waals surface area contributed by atoms with Crippen molar-refractivity contribution in [3.63, 3.8) is 0 Å². The molecule has 15 heavy (non-hydrogen) atoms. The molecule has 2 heterocycles. The van der Waals surface area contributed by atoms with E-state index in [0.717, 1.165) is 0 Å². The molecule has 0 saturated carbocycles. The number of rotatable bonds is 2. The standard InChI is InChI=1S/C9H7N5O/c15-9(7-3-11-6-12-4-7)14-8-5-10-1-2-13-8/h1-6H,(H,13,14,15). The average Bonchev–Trinajstić information content (AvgIpc) is 2.31. The molecular formula is C9H7N5O. The minimum atomic E-state index is -0.309. The first-order chi connectivity index (χ1) is 7.36. The van der Waals surface area contributed by atoms with Gasteiger partial charge in [0.15, 0.2) is 5.82 Å². The van der Waals surface area contributed by atoms with E-state index in [9.17, 15) is 4.79 Å². The molecule has 0 aromatic carbocycles. The lowest BCUT2D eigenvalue weighted by molar-refractivity contribution is 0.102. The van der Waals surface area contributed by atoms with Crippen molar-refractivity contribution in [1.82, 2.24) is 19.9 Å². The van der Waals surface area contributed by atoms with Crippen LogP contribution in [0, 0.1) is 0 Å². The predicted molar refractivity (Wildman–Crippen MR) is 52.0 cm³/mol. The van der Waals surface area contributed by atoms with Crippen LogP contribution < -0.4 is 5.32 Å². The topological polar surface area (TPSA) is 80.7 Å². The van der Waals surface area contributed by atoms with Crippen molar-refractivity contribution in [3.8, 4) is 0 Å². The molecule has 2 aromatic heterocycles. The molecule has 6 nitrogen and oxygen atoms in total. The lowest BCUT2D eigenvalue weighted by Gasteiger charge is -2.01. The molecule has 2 aromatic rings. The summed E-state index contributed by atoms with van der Waals surface area (Å²) < 4.78 is 0. The molecule has 1 amide bonds. The average molecular weight is 201 g/mol. The van der Waals surface area contributed by atoms with Crippen LogP contribution in [-0.2, 0) is 0 Å². The summed E-state index contributed by atoms with van der Waals surface area (Å²) in [7, 11) is 0. The molecule has 0 radical (unpaired) electrons. The number of carbonyl (C=O) groups excluding carboxylic acids is 1. The lowest BCUT2D eigenvalue weighted by atomic mass is 10.3. The van der Waals surface area contributed by atoms with Crippen molar-refractivity contribution >= 4 is 11.7 Å². The number of amides is 1. The van der Waals surface area contributed by atoms with Gasteiger partial charge in [-0.15, -0.1) is 0 Å². The molecule has 2 rings (SSSR count). The van der Waals surface area contributed by atoms with Gasteiger partial charge >= 0.3 is 0 Å². The third kappa shape index (κ3) is 2.31. The number of aromatic nitrogens is 4. The second-order valence-electron chi connectivity index (χ2n) is 2.67. The largest absolute Gasteiger partial charge is 0.305 e. The number of carbonyl (C=O) groups is 1. The number of nitrogens with zero attached hydrogens (tertiary/aromatic N) is 4. The zero-order valence-corrected chi connectivity index (χ0v) is 7.66. The van der Waals surface area contributed by atoms with E-state index < -0.39 is 0 Å². The maximum Gasteiger partial charge on any atom is 0.259 e. The van der Waals surface area contributed by atoms with Gasteiger partial charge in [0.1, 0.15) is 6.33 Å². The molecule has 0 spiro atoms. The normalized spacial score (nSPS) is 9.60. The van der Waals surface area contributed by atoms with Crippen molar-refractivity contribution in [2.45, 2.75) is 0 Å². The zero-order valence-electron chi connectivity index (χ0n) is 7.66. The van der Waals surface area contributed by atoms with Gasteiger partial charge in [-0.3, -0.25) is 9.78 Å². The number of anilines is 1. The fourth-order valence-corrected chi connectivity index (χ4v) is 0.968. The summed E-state index contributed by atoms with van der Waals surface area (Å²) in [4.78, 5) is 26.8. The highest BCUT2D eigenvalue weighted by Crippen LogP contribution is 2.01. The molecule has 6 heteroatoms. The molecule has 1 N–H and O–H groups in total. The monoisotopic (exact) mass is 201 g/mol. The Labute approximate surface area is 85.4 Å². The fourth-order valence-electron chi connectivity index (χ4n) is 0.968. The molecule has 0 fully saturated rings. The Bertz CT molecular complexity index is 445. The van der Waals surface area contributed by atoms with Crippen LogP contribution in [-0.4, -0.2) is 25.8 Å². The second-order valence-corrected chi connectivity index (χ2v) is 2.67. The number of hydrogen-bond acceptors (Lipinski definition) is 5. The Morgan fingerprint density at radius 1 is 1.07 bits per heavy atom. The maximum absolute atomic E-state index is 11.6. The Kier molecular flexibility index (Phi) is 2.59. The van der Waals surface area contributed by atoms with Gasteiger partial charge in [0.25, 0.3) is 5.91 Å². The summed E-state index contributed by atoms with van der Waals surface area (Å²) in [5, 5.41) is 2.57. The van der Waals surface area contributed by atoms with Crippen LogP contribution in [0.4, 0.5) is 5.82 Å². The second kappa shape index (κ2) is 4.23. The predicted octanol–water partition coefficient (Wildman–Crippen LogP) is 0.519. The highest BCUT2D eigenvalue weighted by molar-refractivity contribution is 6.03. The third-order valence-electron chi connectivity index (χ3n) is 1.63. The molecule has 0 saturated heterocycles. The summed E-state index contributed by atoms with van der Waals surface area (Å²) in [6.07, 6.45) is 8.70. The van der Waals surface area contributed by atoms with Crippen molar-refractivity contribution in [3.05, 3.63) is 42.9 Å². The van der Waals surface area contributed by atoms with E-state index >= 15 is 0 Å². The van der Waals surface area contributed by atoms with Crippen LogP contribution in [0.25, 0.3) is 0 Å². The van der Waals surface area contributed by atoms with E-state index in [1.54, 1.807) is 0 Å². The van der Waals surface area contributed by atoms with Crippen molar-refractivity contribution in [2.75, 3.05) is 5.32 Å². The van der Waals surface area contributed by atoms with E-state index in [1.807, 2.05) is 0 Å². The zero-order chi connectivity index (χ0) is 10.5. The molecule has 74 valence electrons. The van der Waals surface area contributed by atoms with Gasteiger partial charge in [-0.1, -0.05) is 0 Å². The van der Waals surface area contributed by atoms with Gasteiger partial charge in [-0.05, 0) is 0 Å². The first-order valence-electron chi connectivity index (χ1n) is 4.18. The maximum atomic E-state index is 11.6. The number of nitrogens with one attached hydrogen (secondary N) is 1. The van der Waals surface area contributed by atoms with Gasteiger partial charge in [-0.25, -0.2) is 15.0 Å². The van der Waals surface area contributed by atoms with Gasteiger partial charge in [0, 0.05) is 24.8 Å². The van der Waals surface area contributed by atoms with Gasteiger partial charge in [0.2, 0.25) is 0 Å². The molecule has 0 aliphatic rings. The van der Waals surface area contributed by atoms with Gasteiger partial charge in [-0.2, -0.15) is 0 Å². The van der Waals surface area contributed by atoms with Crippen LogP contribution in [0.3, 0.4) is 0 Å². The lowest BCUT2D eigenvalue weighted by Crippen LogP contribution is -2.13. The Balaban J connectivity index is 2.12. The van der Waals surface area contributed by atoms with E-state index in [0.29, 0.717) is 11.4 Å². The molecular weight excluding hydrogens is 194 g/mol. The van der Waals surface area contributed by atoms with Crippen LogP contribution in [0.1, 0.15) is 10.4 Å². The summed E-state index contributed by atoms with van der Waals surface area (Å²) in [6.45, 7) is 0. The van der Waals surface area contributed by atoms with Crippen LogP contribution in [0.5, 0.6) is 0 Å². The highest BCUT2D eigenvalue weighted by atomic mass is 16.1. The minimum Gasteiger partial charge on any atom is -0.305 e. The summed E-state index contributed by atoms with van der Waals surface area (Å²) in [5.41, 5.74) is 0.378. The van der Waals surface area contributed by atoms with Crippen LogP contribution >= 0.6 is 0 Å². The molecule has 0 unspecified atom stereocenters. The Hall–Kier alpha value is -2.37. The van der Waals surface area contributed by atoms with Crippen molar-refractivity contribution in [2.24, 2.45) is 0 Å².